The maximum absolute atomic E-state index is 6.13. The van der Waals surface area contributed by atoms with E-state index >= 15 is 0 Å². The van der Waals surface area contributed by atoms with Crippen LogP contribution in [0.4, 0.5) is 0 Å². The lowest BCUT2D eigenvalue weighted by molar-refractivity contribution is 0.101. The van der Waals surface area contributed by atoms with Crippen molar-refractivity contribution in [1.82, 2.24) is 0 Å². The van der Waals surface area contributed by atoms with Gasteiger partial charge in [0.15, 0.2) is 0 Å². The zero-order valence-electron chi connectivity index (χ0n) is 10.5. The van der Waals surface area contributed by atoms with Crippen LogP contribution in [0.25, 0.3) is 0 Å². The highest BCUT2D eigenvalue weighted by molar-refractivity contribution is 7.99. The van der Waals surface area contributed by atoms with E-state index in [9.17, 15) is 0 Å². The smallest absolute Gasteiger partial charge is 0.0576 e. The number of benzene rings is 1. The summed E-state index contributed by atoms with van der Waals surface area (Å²) in [6, 6.07) is 8.16. The molecule has 2 atom stereocenters. The van der Waals surface area contributed by atoms with Gasteiger partial charge in [0.2, 0.25) is 0 Å². The Balaban J connectivity index is 1.66. The second-order valence-corrected chi connectivity index (χ2v) is 6.27. The van der Waals surface area contributed by atoms with Crippen molar-refractivity contribution < 1.29 is 4.74 Å². The third-order valence-electron chi connectivity index (χ3n) is 3.14. The number of thioether (sulfide) groups is 1. The zero-order chi connectivity index (χ0) is 12.8. The van der Waals surface area contributed by atoms with Crippen molar-refractivity contribution in [3.05, 3.63) is 29.3 Å². The number of halogens is 1. The van der Waals surface area contributed by atoms with Gasteiger partial charge in [-0.3, -0.25) is 0 Å². The summed E-state index contributed by atoms with van der Waals surface area (Å²) in [7, 11) is 0. The number of rotatable bonds is 6. The Hall–Kier alpha value is -0.220. The minimum absolute atomic E-state index is 0.234. The van der Waals surface area contributed by atoms with Gasteiger partial charge in [-0.2, -0.15) is 0 Å². The van der Waals surface area contributed by atoms with Crippen LogP contribution in [0, 0.1) is 0 Å². The Morgan fingerprint density at radius 1 is 1.50 bits per heavy atom. The van der Waals surface area contributed by atoms with Gasteiger partial charge in [0.05, 0.1) is 6.10 Å². The molecular weight excluding hydrogens is 266 g/mol. The van der Waals surface area contributed by atoms with Crippen LogP contribution in [0.3, 0.4) is 0 Å². The van der Waals surface area contributed by atoms with E-state index in [2.05, 4.69) is 6.07 Å². The lowest BCUT2D eigenvalue weighted by Crippen LogP contribution is -2.24. The minimum Gasteiger partial charge on any atom is -0.378 e. The van der Waals surface area contributed by atoms with Crippen LogP contribution in [0.1, 0.15) is 25.7 Å². The van der Waals surface area contributed by atoms with Crippen molar-refractivity contribution in [2.24, 2.45) is 5.73 Å². The Kier molecular flexibility index (Phi) is 5.83. The maximum Gasteiger partial charge on any atom is 0.0576 e. The first-order valence-electron chi connectivity index (χ1n) is 6.49. The largest absolute Gasteiger partial charge is 0.378 e. The molecule has 0 amide bonds. The quantitative estimate of drug-likeness (QED) is 0.809. The predicted octanol–water partition coefficient (Wildman–Crippen LogP) is 3.72. The average molecular weight is 286 g/mol. The maximum atomic E-state index is 6.13. The summed E-state index contributed by atoms with van der Waals surface area (Å²) < 4.78 is 5.60. The number of ether oxygens (including phenoxy) is 1. The molecule has 4 heteroatoms. The van der Waals surface area contributed by atoms with E-state index in [-0.39, 0.29) is 6.04 Å². The lowest BCUT2D eigenvalue weighted by Gasteiger charge is -2.14. The molecule has 1 aromatic rings. The summed E-state index contributed by atoms with van der Waals surface area (Å²) in [5.41, 5.74) is 6.13. The summed E-state index contributed by atoms with van der Waals surface area (Å²) in [6.45, 7) is 0.928. The highest BCUT2D eigenvalue weighted by Crippen LogP contribution is 2.23. The Labute approximate surface area is 118 Å². The minimum atomic E-state index is 0.234. The molecule has 2 nitrogen and oxygen atoms in total. The van der Waals surface area contributed by atoms with Crippen molar-refractivity contribution in [1.29, 1.82) is 0 Å². The lowest BCUT2D eigenvalue weighted by atomic mass is 10.1. The molecule has 100 valence electrons. The summed E-state index contributed by atoms with van der Waals surface area (Å²) in [6.07, 6.45) is 4.99. The molecule has 0 aliphatic carbocycles. The van der Waals surface area contributed by atoms with E-state index < -0.39 is 0 Å². The van der Waals surface area contributed by atoms with Gasteiger partial charge >= 0.3 is 0 Å². The molecule has 2 unspecified atom stereocenters. The predicted molar refractivity (Wildman–Crippen MR) is 78.4 cm³/mol. The molecule has 1 aliphatic rings. The third kappa shape index (κ3) is 4.81. The molecule has 1 aliphatic heterocycles. The molecule has 1 heterocycles. The van der Waals surface area contributed by atoms with Gasteiger partial charge < -0.3 is 10.5 Å². The van der Waals surface area contributed by atoms with Crippen molar-refractivity contribution in [3.8, 4) is 0 Å². The molecule has 2 rings (SSSR count). The normalized spacial score (nSPS) is 21.1. The number of nitrogens with two attached hydrogens (primary N) is 1. The first kappa shape index (κ1) is 14.2. The van der Waals surface area contributed by atoms with Crippen LogP contribution in [0.5, 0.6) is 0 Å². The molecule has 18 heavy (non-hydrogen) atoms. The molecule has 1 aromatic carbocycles. The second-order valence-electron chi connectivity index (χ2n) is 4.74. The fourth-order valence-electron chi connectivity index (χ4n) is 2.12. The highest BCUT2D eigenvalue weighted by atomic mass is 35.5. The summed E-state index contributed by atoms with van der Waals surface area (Å²) in [4.78, 5) is 1.19. The fourth-order valence-corrected chi connectivity index (χ4v) is 3.33. The Morgan fingerprint density at radius 3 is 3.11 bits per heavy atom. The summed E-state index contributed by atoms with van der Waals surface area (Å²) in [5.74, 6) is 0.938. The van der Waals surface area contributed by atoms with Crippen LogP contribution in [-0.4, -0.2) is 24.5 Å². The van der Waals surface area contributed by atoms with Gasteiger partial charge in [0.1, 0.15) is 0 Å². The monoisotopic (exact) mass is 285 g/mol. The highest BCUT2D eigenvalue weighted by Gasteiger charge is 2.16. The van der Waals surface area contributed by atoms with Crippen LogP contribution in [0.2, 0.25) is 5.02 Å². The third-order valence-corrected chi connectivity index (χ3v) is 4.56. The molecule has 0 aromatic heterocycles. The second kappa shape index (κ2) is 7.39. The van der Waals surface area contributed by atoms with Crippen LogP contribution in [0.15, 0.2) is 29.2 Å². The van der Waals surface area contributed by atoms with Crippen molar-refractivity contribution >= 4 is 23.4 Å². The van der Waals surface area contributed by atoms with Gasteiger partial charge in [0.25, 0.3) is 0 Å². The van der Waals surface area contributed by atoms with Gasteiger partial charge in [0, 0.05) is 28.3 Å². The van der Waals surface area contributed by atoms with Crippen molar-refractivity contribution in [3.63, 3.8) is 0 Å². The van der Waals surface area contributed by atoms with Gasteiger partial charge in [-0.1, -0.05) is 17.7 Å². The summed E-state index contributed by atoms with van der Waals surface area (Å²) in [5, 5.41) is 0.785. The van der Waals surface area contributed by atoms with Gasteiger partial charge in [-0.05, 0) is 43.9 Å². The molecular formula is C14H20ClNOS. The zero-order valence-corrected chi connectivity index (χ0v) is 12.1. The fraction of sp³-hybridized carbons (Fsp3) is 0.571. The van der Waals surface area contributed by atoms with Crippen molar-refractivity contribution in [2.75, 3.05) is 12.4 Å². The first-order valence-corrected chi connectivity index (χ1v) is 7.86. The van der Waals surface area contributed by atoms with Crippen LogP contribution < -0.4 is 5.73 Å². The van der Waals surface area contributed by atoms with E-state index in [0.29, 0.717) is 6.10 Å². The van der Waals surface area contributed by atoms with Crippen LogP contribution in [-0.2, 0) is 4.74 Å². The molecule has 0 bridgehead atoms. The van der Waals surface area contributed by atoms with E-state index in [0.717, 1.165) is 30.2 Å². The average Bonchev–Trinajstić information content (AvgIpc) is 2.87. The summed E-state index contributed by atoms with van der Waals surface area (Å²) >= 11 is 7.72. The van der Waals surface area contributed by atoms with Gasteiger partial charge in [-0.25, -0.2) is 0 Å². The van der Waals surface area contributed by atoms with Crippen LogP contribution >= 0.6 is 23.4 Å². The topological polar surface area (TPSA) is 35.2 Å². The Morgan fingerprint density at radius 2 is 2.39 bits per heavy atom. The number of hydrogen-bond donors (Lipinski definition) is 1. The van der Waals surface area contributed by atoms with E-state index in [4.69, 9.17) is 22.1 Å². The molecule has 2 N–H and O–H groups in total. The van der Waals surface area contributed by atoms with E-state index in [1.807, 2.05) is 18.2 Å². The van der Waals surface area contributed by atoms with Crippen molar-refractivity contribution in [2.45, 2.75) is 42.7 Å². The molecule has 1 saturated heterocycles. The molecule has 0 radical (unpaired) electrons. The van der Waals surface area contributed by atoms with Gasteiger partial charge in [-0.15, -0.1) is 11.8 Å². The first-order chi connectivity index (χ1) is 8.74. The SMILES string of the molecule is NC(CCC1CCCO1)CSc1cccc(Cl)c1. The molecule has 0 saturated carbocycles. The Bertz CT molecular complexity index is 369. The molecule has 1 fully saturated rings. The van der Waals surface area contributed by atoms with E-state index in [1.165, 1.54) is 17.7 Å². The standard InChI is InChI=1S/C14H20ClNOS/c15-11-3-1-5-14(9-11)18-10-12(16)6-7-13-4-2-8-17-13/h1,3,5,9,12-13H,2,4,6-8,10,16H2. The molecule has 0 spiro atoms. The number of hydrogen-bond acceptors (Lipinski definition) is 3. The van der Waals surface area contributed by atoms with E-state index in [1.54, 1.807) is 11.8 Å².